The number of nitrogens with two attached hydrogens (primary N) is 1. The molecular formula is C26H23N7O2. The van der Waals surface area contributed by atoms with Gasteiger partial charge in [-0.05, 0) is 49.2 Å². The Morgan fingerprint density at radius 2 is 1.69 bits per heavy atom. The van der Waals surface area contributed by atoms with Gasteiger partial charge in [0.15, 0.2) is 5.82 Å². The average Bonchev–Trinajstić information content (AvgIpc) is 3.41. The van der Waals surface area contributed by atoms with Gasteiger partial charge in [0.2, 0.25) is 0 Å². The van der Waals surface area contributed by atoms with Gasteiger partial charge in [-0.2, -0.15) is 4.98 Å². The van der Waals surface area contributed by atoms with E-state index in [-0.39, 0.29) is 5.91 Å². The van der Waals surface area contributed by atoms with E-state index in [1.807, 2.05) is 60.1 Å². The van der Waals surface area contributed by atoms with Crippen LogP contribution in [0.3, 0.4) is 0 Å². The number of nitrogen functional groups attached to an aromatic ring is 1. The van der Waals surface area contributed by atoms with Gasteiger partial charge in [0, 0.05) is 29.4 Å². The summed E-state index contributed by atoms with van der Waals surface area (Å²) in [6.07, 6.45) is 1.46. The minimum atomic E-state index is -0.220. The lowest BCUT2D eigenvalue weighted by atomic mass is 9.97. The van der Waals surface area contributed by atoms with Gasteiger partial charge in [-0.1, -0.05) is 36.0 Å². The third-order valence-electron chi connectivity index (χ3n) is 5.75. The third kappa shape index (κ3) is 3.93. The molecule has 0 fully saturated rings. The van der Waals surface area contributed by atoms with Crippen LogP contribution in [0.5, 0.6) is 0 Å². The lowest BCUT2D eigenvalue weighted by molar-refractivity contribution is -0.112. The number of carbonyl (C=O) groups is 1. The number of hydrogen-bond acceptors (Lipinski definition) is 7. The summed E-state index contributed by atoms with van der Waals surface area (Å²) in [6.45, 7) is 7.13. The molecular weight excluding hydrogens is 442 g/mol. The first kappa shape index (κ1) is 22.0. The molecule has 0 bridgehead atoms. The molecule has 5 aromatic rings. The van der Waals surface area contributed by atoms with Crippen LogP contribution in [0.4, 0.5) is 11.5 Å². The quantitative estimate of drug-likeness (QED) is 0.359. The molecule has 2 aromatic carbocycles. The number of aromatic nitrogens is 5. The van der Waals surface area contributed by atoms with Gasteiger partial charge in [-0.3, -0.25) is 4.79 Å². The van der Waals surface area contributed by atoms with Gasteiger partial charge < -0.3 is 20.1 Å². The summed E-state index contributed by atoms with van der Waals surface area (Å²) in [7, 11) is 1.94. The number of fused-ring (bicyclic) bond motifs is 1. The van der Waals surface area contributed by atoms with Crippen molar-refractivity contribution in [1.29, 1.82) is 0 Å². The largest absolute Gasteiger partial charge is 0.383 e. The van der Waals surface area contributed by atoms with E-state index in [1.165, 1.54) is 6.33 Å². The molecule has 0 aliphatic carbocycles. The Morgan fingerprint density at radius 1 is 1.03 bits per heavy atom. The van der Waals surface area contributed by atoms with E-state index in [4.69, 9.17) is 10.3 Å². The summed E-state index contributed by atoms with van der Waals surface area (Å²) >= 11 is 0. The zero-order chi connectivity index (χ0) is 24.7. The lowest BCUT2D eigenvalue weighted by Gasteiger charge is -2.11. The maximum absolute atomic E-state index is 12.0. The van der Waals surface area contributed by atoms with Crippen molar-refractivity contribution in [3.8, 4) is 33.8 Å². The van der Waals surface area contributed by atoms with Crippen LogP contribution in [-0.2, 0) is 11.8 Å². The van der Waals surface area contributed by atoms with Crippen LogP contribution in [0.2, 0.25) is 0 Å². The monoisotopic (exact) mass is 465 g/mol. The molecule has 174 valence electrons. The summed E-state index contributed by atoms with van der Waals surface area (Å²) < 4.78 is 7.29. The Morgan fingerprint density at radius 3 is 2.31 bits per heavy atom. The Balaban J connectivity index is 1.64. The molecule has 1 amide bonds. The van der Waals surface area contributed by atoms with Gasteiger partial charge in [0.1, 0.15) is 17.8 Å². The summed E-state index contributed by atoms with van der Waals surface area (Å²) in [5.74, 6) is 1.21. The van der Waals surface area contributed by atoms with Crippen molar-refractivity contribution >= 4 is 28.4 Å². The second-order valence-corrected chi connectivity index (χ2v) is 8.28. The van der Waals surface area contributed by atoms with Crippen LogP contribution in [0.25, 0.3) is 44.9 Å². The highest BCUT2D eigenvalue weighted by molar-refractivity contribution is 6.08. The first-order valence-electron chi connectivity index (χ1n) is 10.9. The van der Waals surface area contributed by atoms with Crippen molar-refractivity contribution in [2.75, 3.05) is 11.1 Å². The summed E-state index contributed by atoms with van der Waals surface area (Å²) in [4.78, 5) is 25.0. The minimum absolute atomic E-state index is 0.220. The standard InChI is InChI=1S/C26H23N7O2/c1-14(2)25(34)31-19-11-9-17(10-12-19)22-20(21-23(27)28-13-29-24(21)33(22)4)16-5-7-18(8-6-16)26-30-15(3)32-35-26/h5-13H,1H2,2-4H3,(H,31,34)(H2,27,28,29). The number of nitrogens with one attached hydrogen (secondary N) is 1. The van der Waals surface area contributed by atoms with E-state index in [2.05, 4.69) is 32.0 Å². The highest BCUT2D eigenvalue weighted by Crippen LogP contribution is 2.42. The maximum Gasteiger partial charge on any atom is 0.257 e. The van der Waals surface area contributed by atoms with E-state index in [0.29, 0.717) is 28.8 Å². The van der Waals surface area contributed by atoms with Crippen LogP contribution < -0.4 is 11.1 Å². The predicted octanol–water partition coefficient (Wildman–Crippen LogP) is 4.76. The van der Waals surface area contributed by atoms with Crippen molar-refractivity contribution < 1.29 is 9.32 Å². The van der Waals surface area contributed by atoms with Crippen molar-refractivity contribution in [3.05, 3.63) is 72.8 Å². The first-order chi connectivity index (χ1) is 16.8. The second kappa shape index (κ2) is 8.53. The molecule has 3 heterocycles. The highest BCUT2D eigenvalue weighted by atomic mass is 16.5. The van der Waals surface area contributed by atoms with Crippen molar-refractivity contribution in [2.24, 2.45) is 7.05 Å². The van der Waals surface area contributed by atoms with Gasteiger partial charge in [-0.15, -0.1) is 0 Å². The molecule has 3 aromatic heterocycles. The van der Waals surface area contributed by atoms with Crippen molar-refractivity contribution in [2.45, 2.75) is 13.8 Å². The molecule has 9 nitrogen and oxygen atoms in total. The van der Waals surface area contributed by atoms with Crippen molar-refractivity contribution in [3.63, 3.8) is 0 Å². The molecule has 0 spiro atoms. The number of benzene rings is 2. The topological polar surface area (TPSA) is 125 Å². The fourth-order valence-electron chi connectivity index (χ4n) is 4.04. The molecule has 5 rings (SSSR count). The van der Waals surface area contributed by atoms with Crippen LogP contribution in [0, 0.1) is 6.92 Å². The van der Waals surface area contributed by atoms with Crippen LogP contribution in [0.15, 0.2) is 71.5 Å². The normalized spacial score (nSPS) is 11.1. The number of amides is 1. The minimum Gasteiger partial charge on any atom is -0.383 e. The number of carbonyl (C=O) groups excluding carboxylic acids is 1. The molecule has 0 atom stereocenters. The highest BCUT2D eigenvalue weighted by Gasteiger charge is 2.22. The molecule has 0 radical (unpaired) electrons. The Kier molecular flexibility index (Phi) is 5.37. The summed E-state index contributed by atoms with van der Waals surface area (Å²) in [5, 5.41) is 7.47. The van der Waals surface area contributed by atoms with Crippen LogP contribution in [-0.4, -0.2) is 30.6 Å². The zero-order valence-electron chi connectivity index (χ0n) is 19.5. The molecule has 0 saturated heterocycles. The van der Waals surface area contributed by atoms with E-state index in [9.17, 15) is 4.79 Å². The molecule has 3 N–H and O–H groups in total. The van der Waals surface area contributed by atoms with E-state index >= 15 is 0 Å². The third-order valence-corrected chi connectivity index (χ3v) is 5.75. The number of hydrogen-bond donors (Lipinski definition) is 2. The fourth-order valence-corrected chi connectivity index (χ4v) is 4.04. The van der Waals surface area contributed by atoms with E-state index in [0.717, 1.165) is 39.0 Å². The predicted molar refractivity (Wildman–Crippen MR) is 135 cm³/mol. The van der Waals surface area contributed by atoms with Crippen LogP contribution in [0.1, 0.15) is 12.7 Å². The van der Waals surface area contributed by atoms with Gasteiger partial charge in [0.05, 0.1) is 11.1 Å². The number of anilines is 2. The van der Waals surface area contributed by atoms with E-state index < -0.39 is 0 Å². The molecule has 0 saturated carbocycles. The number of aryl methyl sites for hydroxylation is 2. The zero-order valence-corrected chi connectivity index (χ0v) is 19.5. The number of nitrogens with zero attached hydrogens (tertiary/aromatic N) is 5. The van der Waals surface area contributed by atoms with Gasteiger partial charge in [-0.25, -0.2) is 9.97 Å². The van der Waals surface area contributed by atoms with Crippen LogP contribution >= 0.6 is 0 Å². The smallest absolute Gasteiger partial charge is 0.257 e. The fraction of sp³-hybridized carbons (Fsp3) is 0.115. The maximum atomic E-state index is 12.0. The molecule has 0 aliphatic heterocycles. The lowest BCUT2D eigenvalue weighted by Crippen LogP contribution is -2.11. The SMILES string of the molecule is C=C(C)C(=O)Nc1ccc(-c2c(-c3ccc(-c4nc(C)no4)cc3)c3c(N)ncnc3n2C)cc1. The Bertz CT molecular complexity index is 1580. The van der Waals surface area contributed by atoms with Crippen molar-refractivity contribution in [1.82, 2.24) is 24.7 Å². The molecule has 9 heteroatoms. The summed E-state index contributed by atoms with van der Waals surface area (Å²) in [6, 6.07) is 15.4. The molecule has 35 heavy (non-hydrogen) atoms. The van der Waals surface area contributed by atoms with Gasteiger partial charge in [0.25, 0.3) is 11.8 Å². The molecule has 0 unspecified atom stereocenters. The summed E-state index contributed by atoms with van der Waals surface area (Å²) in [5.41, 5.74) is 12.7. The number of rotatable bonds is 5. The average molecular weight is 466 g/mol. The first-order valence-corrected chi connectivity index (χ1v) is 10.9. The second-order valence-electron chi connectivity index (χ2n) is 8.28. The van der Waals surface area contributed by atoms with Gasteiger partial charge >= 0.3 is 0 Å². The van der Waals surface area contributed by atoms with E-state index in [1.54, 1.807) is 13.8 Å². The Hall–Kier alpha value is -4.79. The molecule has 0 aliphatic rings. The Labute approximate surface area is 201 Å².